The van der Waals surface area contributed by atoms with Gasteiger partial charge in [-0.3, -0.25) is 14.7 Å². The summed E-state index contributed by atoms with van der Waals surface area (Å²) >= 11 is 0. The van der Waals surface area contributed by atoms with E-state index in [0.29, 0.717) is 24.5 Å². The topological polar surface area (TPSA) is 54.5 Å². The highest BCUT2D eigenvalue weighted by Gasteiger charge is 2.33. The Balaban J connectivity index is 1.46. The van der Waals surface area contributed by atoms with Gasteiger partial charge in [0, 0.05) is 31.4 Å². The zero-order valence-corrected chi connectivity index (χ0v) is 14.8. The van der Waals surface area contributed by atoms with E-state index in [0.717, 1.165) is 38.8 Å². The van der Waals surface area contributed by atoms with Gasteiger partial charge in [0.2, 0.25) is 5.91 Å². The molecule has 1 aromatic rings. The summed E-state index contributed by atoms with van der Waals surface area (Å²) in [6.07, 6.45) is 9.10. The summed E-state index contributed by atoms with van der Waals surface area (Å²) in [7, 11) is 2.15. The fraction of sp³-hybridized carbons (Fsp3) is 0.684. The van der Waals surface area contributed by atoms with Gasteiger partial charge in [-0.2, -0.15) is 0 Å². The Labute approximate surface area is 144 Å². The number of carbonyl (C=O) groups excluding carboxylic acids is 1. The van der Waals surface area contributed by atoms with Crippen LogP contribution in [-0.2, 0) is 9.53 Å². The number of hydrogen-bond acceptors (Lipinski definition) is 4. The normalized spacial score (nSPS) is 30.6. The van der Waals surface area contributed by atoms with Crippen molar-refractivity contribution < 1.29 is 9.53 Å². The third-order valence-corrected chi connectivity index (χ3v) is 5.37. The first kappa shape index (κ1) is 17.4. The number of carbonyl (C=O) groups is 1. The lowest BCUT2D eigenvalue weighted by molar-refractivity contribution is -0.122. The summed E-state index contributed by atoms with van der Waals surface area (Å²) in [4.78, 5) is 18.8. The van der Waals surface area contributed by atoms with Crippen LogP contribution in [0.4, 0.5) is 0 Å². The number of nitrogens with one attached hydrogen (secondary N) is 1. The van der Waals surface area contributed by atoms with E-state index in [-0.39, 0.29) is 12.0 Å². The number of amides is 1. The van der Waals surface area contributed by atoms with E-state index in [1.165, 1.54) is 5.56 Å². The highest BCUT2D eigenvalue weighted by Crippen LogP contribution is 2.35. The fourth-order valence-electron chi connectivity index (χ4n) is 4.04. The zero-order valence-electron chi connectivity index (χ0n) is 14.8. The molecule has 4 atom stereocenters. The standard InChI is InChI=1S/C19H29N3O2/c1-14-5-6-17(24-14)7-8-18(23)21-13-16-9-11-22(2)19(16)15-4-3-10-20-12-15/h3-4,10,12,14,16-17,19H,5-9,11,13H2,1-2H3,(H,21,23)/t14?,16-,17?,19-/m0/s1. The monoisotopic (exact) mass is 331 g/mol. The summed E-state index contributed by atoms with van der Waals surface area (Å²) in [6.45, 7) is 3.91. The van der Waals surface area contributed by atoms with Crippen molar-refractivity contribution in [2.45, 2.75) is 57.3 Å². The van der Waals surface area contributed by atoms with Crippen LogP contribution in [-0.4, -0.2) is 48.1 Å². The molecule has 0 aliphatic carbocycles. The quantitative estimate of drug-likeness (QED) is 0.870. The van der Waals surface area contributed by atoms with Crippen LogP contribution in [0.2, 0.25) is 0 Å². The molecule has 0 saturated carbocycles. The van der Waals surface area contributed by atoms with E-state index in [1.54, 1.807) is 6.20 Å². The minimum Gasteiger partial charge on any atom is -0.375 e. The Bertz CT molecular complexity index is 537. The summed E-state index contributed by atoms with van der Waals surface area (Å²) in [5.41, 5.74) is 1.24. The van der Waals surface area contributed by atoms with E-state index in [1.807, 2.05) is 12.3 Å². The second kappa shape index (κ2) is 8.08. The average molecular weight is 331 g/mol. The van der Waals surface area contributed by atoms with Gasteiger partial charge in [-0.15, -0.1) is 0 Å². The Kier molecular flexibility index (Phi) is 5.85. The maximum Gasteiger partial charge on any atom is 0.220 e. The SMILES string of the molecule is CC1CCC(CCC(=O)NC[C@@H]2CCN(C)[C@H]2c2cccnc2)O1. The van der Waals surface area contributed by atoms with Crippen molar-refractivity contribution in [2.24, 2.45) is 5.92 Å². The molecule has 0 bridgehead atoms. The van der Waals surface area contributed by atoms with Crippen LogP contribution in [0.25, 0.3) is 0 Å². The van der Waals surface area contributed by atoms with E-state index >= 15 is 0 Å². The van der Waals surface area contributed by atoms with Gasteiger partial charge < -0.3 is 10.1 Å². The summed E-state index contributed by atoms with van der Waals surface area (Å²) in [5, 5.41) is 3.14. The molecule has 3 heterocycles. The van der Waals surface area contributed by atoms with Crippen LogP contribution in [0.15, 0.2) is 24.5 Å². The number of ether oxygens (including phenoxy) is 1. The number of likely N-dealkylation sites (tertiary alicyclic amines) is 1. The van der Waals surface area contributed by atoms with E-state index in [4.69, 9.17) is 4.74 Å². The third-order valence-electron chi connectivity index (χ3n) is 5.37. The lowest BCUT2D eigenvalue weighted by Crippen LogP contribution is -2.32. The van der Waals surface area contributed by atoms with Crippen LogP contribution in [0.5, 0.6) is 0 Å². The second-order valence-electron chi connectivity index (χ2n) is 7.25. The van der Waals surface area contributed by atoms with Crippen LogP contribution in [0, 0.1) is 5.92 Å². The molecular formula is C19H29N3O2. The van der Waals surface area contributed by atoms with Crippen molar-refractivity contribution in [1.82, 2.24) is 15.2 Å². The molecule has 2 fully saturated rings. The largest absolute Gasteiger partial charge is 0.375 e. The van der Waals surface area contributed by atoms with Gasteiger partial charge in [0.15, 0.2) is 0 Å². The van der Waals surface area contributed by atoms with Crippen molar-refractivity contribution in [3.8, 4) is 0 Å². The van der Waals surface area contributed by atoms with Gasteiger partial charge in [0.05, 0.1) is 12.2 Å². The number of hydrogen-bond donors (Lipinski definition) is 1. The first-order chi connectivity index (χ1) is 11.6. The lowest BCUT2D eigenvalue weighted by atomic mass is 9.94. The number of rotatable bonds is 6. The zero-order chi connectivity index (χ0) is 16.9. The predicted molar refractivity (Wildman–Crippen MR) is 93.5 cm³/mol. The molecule has 1 N–H and O–H groups in total. The first-order valence-electron chi connectivity index (χ1n) is 9.16. The van der Waals surface area contributed by atoms with Crippen molar-refractivity contribution in [3.63, 3.8) is 0 Å². The molecule has 2 saturated heterocycles. The molecule has 132 valence electrons. The minimum absolute atomic E-state index is 0.151. The Hall–Kier alpha value is -1.46. The summed E-state index contributed by atoms with van der Waals surface area (Å²) in [6, 6.07) is 4.46. The molecule has 5 nitrogen and oxygen atoms in total. The maximum atomic E-state index is 12.2. The van der Waals surface area contributed by atoms with Crippen LogP contribution >= 0.6 is 0 Å². The predicted octanol–water partition coefficient (Wildman–Crippen LogP) is 2.54. The Morgan fingerprint density at radius 2 is 2.29 bits per heavy atom. The molecule has 24 heavy (non-hydrogen) atoms. The van der Waals surface area contributed by atoms with Gasteiger partial charge in [-0.1, -0.05) is 6.07 Å². The Morgan fingerprint density at radius 3 is 3.00 bits per heavy atom. The van der Waals surface area contributed by atoms with Crippen LogP contribution < -0.4 is 5.32 Å². The van der Waals surface area contributed by atoms with Gasteiger partial charge in [0.25, 0.3) is 0 Å². The smallest absolute Gasteiger partial charge is 0.220 e. The fourth-order valence-corrected chi connectivity index (χ4v) is 4.04. The molecule has 2 aliphatic heterocycles. The molecule has 1 amide bonds. The van der Waals surface area contributed by atoms with Crippen LogP contribution in [0.1, 0.15) is 50.6 Å². The number of nitrogens with zero attached hydrogens (tertiary/aromatic N) is 2. The molecule has 2 unspecified atom stereocenters. The third kappa shape index (κ3) is 4.33. The van der Waals surface area contributed by atoms with E-state index < -0.39 is 0 Å². The summed E-state index contributed by atoms with van der Waals surface area (Å²) in [5.74, 6) is 0.601. The first-order valence-corrected chi connectivity index (χ1v) is 9.16. The number of aromatic nitrogens is 1. The molecule has 1 aromatic heterocycles. The van der Waals surface area contributed by atoms with Crippen molar-refractivity contribution in [1.29, 1.82) is 0 Å². The molecule has 0 radical (unpaired) electrons. The highest BCUT2D eigenvalue weighted by atomic mass is 16.5. The van der Waals surface area contributed by atoms with Gasteiger partial charge in [0.1, 0.15) is 0 Å². The molecular weight excluding hydrogens is 302 g/mol. The minimum atomic E-state index is 0.151. The highest BCUT2D eigenvalue weighted by molar-refractivity contribution is 5.75. The Morgan fingerprint density at radius 1 is 1.42 bits per heavy atom. The van der Waals surface area contributed by atoms with Gasteiger partial charge in [-0.05, 0) is 63.7 Å². The van der Waals surface area contributed by atoms with E-state index in [2.05, 4.69) is 35.2 Å². The van der Waals surface area contributed by atoms with Crippen LogP contribution in [0.3, 0.4) is 0 Å². The van der Waals surface area contributed by atoms with Crippen molar-refractivity contribution in [3.05, 3.63) is 30.1 Å². The molecule has 0 spiro atoms. The van der Waals surface area contributed by atoms with Crippen molar-refractivity contribution in [2.75, 3.05) is 20.1 Å². The van der Waals surface area contributed by atoms with E-state index in [9.17, 15) is 4.79 Å². The lowest BCUT2D eigenvalue weighted by Gasteiger charge is -2.25. The van der Waals surface area contributed by atoms with Gasteiger partial charge >= 0.3 is 0 Å². The molecule has 0 aromatic carbocycles. The molecule has 3 rings (SSSR count). The second-order valence-corrected chi connectivity index (χ2v) is 7.25. The molecule has 2 aliphatic rings. The molecule has 5 heteroatoms. The average Bonchev–Trinajstić information content (AvgIpc) is 3.17. The van der Waals surface area contributed by atoms with Gasteiger partial charge in [-0.25, -0.2) is 0 Å². The summed E-state index contributed by atoms with van der Waals surface area (Å²) < 4.78 is 5.78. The number of pyridine rings is 1. The van der Waals surface area contributed by atoms with Crippen molar-refractivity contribution >= 4 is 5.91 Å². The maximum absolute atomic E-state index is 12.2.